The summed E-state index contributed by atoms with van der Waals surface area (Å²) in [5.41, 5.74) is 5.14. The smallest absolute Gasteiger partial charge is 0.407 e. The maximum absolute atomic E-state index is 10.3. The molecule has 96 valence electrons. The molecule has 0 atom stereocenters. The van der Waals surface area contributed by atoms with Gasteiger partial charge in [0.05, 0.1) is 0 Å². The van der Waals surface area contributed by atoms with Gasteiger partial charge in [0.2, 0.25) is 0 Å². The average Bonchev–Trinajstić information content (AvgIpc) is 2.33. The van der Waals surface area contributed by atoms with Gasteiger partial charge in [-0.05, 0) is 19.3 Å². The van der Waals surface area contributed by atoms with E-state index in [9.17, 15) is 4.79 Å². The van der Waals surface area contributed by atoms with Crippen LogP contribution in [0.15, 0.2) is 0 Å². The fourth-order valence-corrected chi connectivity index (χ4v) is 1.37. The van der Waals surface area contributed by atoms with E-state index >= 15 is 0 Å². The molecule has 1 heterocycles. The van der Waals surface area contributed by atoms with Crippen molar-refractivity contribution in [1.29, 1.82) is 0 Å². The Morgan fingerprint density at radius 3 is 2.00 bits per heavy atom. The maximum atomic E-state index is 10.3. The summed E-state index contributed by atoms with van der Waals surface area (Å²) < 4.78 is 9.40. The maximum Gasteiger partial charge on any atom is 0.407 e. The van der Waals surface area contributed by atoms with Crippen LogP contribution in [0, 0.1) is 0 Å². The number of methoxy groups -OCH3 is 2. The van der Waals surface area contributed by atoms with Gasteiger partial charge in [0.15, 0.2) is 6.29 Å². The second-order valence-corrected chi connectivity index (χ2v) is 3.47. The zero-order chi connectivity index (χ0) is 12.4. The van der Waals surface area contributed by atoms with Crippen LogP contribution in [0.1, 0.15) is 19.3 Å². The Morgan fingerprint density at radius 1 is 1.31 bits per heavy atom. The molecule has 0 radical (unpaired) electrons. The molecule has 3 N–H and O–H groups in total. The minimum Gasteiger partial charge on any atom is -0.465 e. The summed E-state index contributed by atoms with van der Waals surface area (Å²) in [4.78, 5) is 11.8. The van der Waals surface area contributed by atoms with Crippen molar-refractivity contribution < 1.29 is 19.4 Å². The number of likely N-dealkylation sites (tertiary alicyclic amines) is 1. The first-order chi connectivity index (χ1) is 7.65. The lowest BCUT2D eigenvalue weighted by atomic mass is 10.1. The highest BCUT2D eigenvalue weighted by molar-refractivity contribution is 5.64. The van der Waals surface area contributed by atoms with Crippen molar-refractivity contribution in [3.05, 3.63) is 0 Å². The number of hydrogen-bond acceptors (Lipinski definition) is 4. The fraction of sp³-hybridized carbons (Fsp3) is 0.900. The van der Waals surface area contributed by atoms with Crippen molar-refractivity contribution >= 4 is 6.09 Å². The summed E-state index contributed by atoms with van der Waals surface area (Å²) >= 11 is 0. The largest absolute Gasteiger partial charge is 0.465 e. The molecule has 16 heavy (non-hydrogen) atoms. The van der Waals surface area contributed by atoms with Gasteiger partial charge in [-0.15, -0.1) is 0 Å². The zero-order valence-corrected chi connectivity index (χ0v) is 10.0. The minimum atomic E-state index is -0.769. The van der Waals surface area contributed by atoms with Crippen LogP contribution >= 0.6 is 0 Å². The summed E-state index contributed by atoms with van der Waals surface area (Å²) in [7, 11) is 3.11. The molecule has 0 aliphatic carbocycles. The van der Waals surface area contributed by atoms with Gasteiger partial charge >= 0.3 is 6.09 Å². The molecule has 1 amide bonds. The van der Waals surface area contributed by atoms with Crippen LogP contribution < -0.4 is 5.73 Å². The first-order valence-corrected chi connectivity index (χ1v) is 5.39. The zero-order valence-electron chi connectivity index (χ0n) is 10.0. The Bertz CT molecular complexity index is 174. The Balaban J connectivity index is 0.000000293. The van der Waals surface area contributed by atoms with Crippen LogP contribution in [0.2, 0.25) is 0 Å². The van der Waals surface area contributed by atoms with Gasteiger partial charge in [-0.25, -0.2) is 4.79 Å². The van der Waals surface area contributed by atoms with Gasteiger partial charge in [-0.1, -0.05) is 0 Å². The number of hydrogen-bond donors (Lipinski definition) is 2. The summed E-state index contributed by atoms with van der Waals surface area (Å²) in [6, 6.07) is 0. The molecule has 0 unspecified atom stereocenters. The molecule has 1 rings (SSSR count). The van der Waals surface area contributed by atoms with Crippen LogP contribution in [0.5, 0.6) is 0 Å². The molecule has 0 aromatic carbocycles. The molecule has 6 heteroatoms. The normalized spacial score (nSPS) is 15.6. The van der Waals surface area contributed by atoms with Crippen molar-refractivity contribution in [3.8, 4) is 0 Å². The Kier molecular flexibility index (Phi) is 8.88. The van der Waals surface area contributed by atoms with E-state index in [0.717, 1.165) is 25.9 Å². The van der Waals surface area contributed by atoms with Gasteiger partial charge in [-0.3, -0.25) is 0 Å². The molecular weight excluding hydrogens is 212 g/mol. The Morgan fingerprint density at radius 2 is 1.81 bits per heavy atom. The van der Waals surface area contributed by atoms with Crippen molar-refractivity contribution in [2.45, 2.75) is 25.6 Å². The van der Waals surface area contributed by atoms with Gasteiger partial charge < -0.3 is 25.2 Å². The number of piperidine rings is 1. The van der Waals surface area contributed by atoms with Crippen LogP contribution in [0.3, 0.4) is 0 Å². The van der Waals surface area contributed by atoms with E-state index in [4.69, 9.17) is 20.3 Å². The molecule has 0 saturated carbocycles. The number of nitrogens with two attached hydrogens (primary N) is 1. The molecule has 0 aromatic heterocycles. The Labute approximate surface area is 96.3 Å². The first-order valence-electron chi connectivity index (χ1n) is 5.39. The van der Waals surface area contributed by atoms with Crippen LogP contribution in [0.4, 0.5) is 4.79 Å². The molecular formula is C10H22N2O4. The number of carboxylic acid groups (broad SMARTS) is 1. The van der Waals surface area contributed by atoms with E-state index in [0.29, 0.717) is 6.54 Å². The molecule has 6 nitrogen and oxygen atoms in total. The molecule has 0 aromatic rings. The van der Waals surface area contributed by atoms with Gasteiger partial charge in [-0.2, -0.15) is 0 Å². The monoisotopic (exact) mass is 234 g/mol. The second kappa shape index (κ2) is 9.38. The minimum absolute atomic E-state index is 0.236. The third-order valence-electron chi connectivity index (χ3n) is 2.34. The molecule has 1 aliphatic rings. The number of carbonyl (C=O) groups is 1. The second-order valence-electron chi connectivity index (χ2n) is 3.47. The van der Waals surface area contributed by atoms with Crippen LogP contribution in [-0.4, -0.2) is 56.2 Å². The van der Waals surface area contributed by atoms with Crippen molar-refractivity contribution in [2.24, 2.45) is 5.73 Å². The van der Waals surface area contributed by atoms with Gasteiger partial charge in [0, 0.05) is 33.9 Å². The van der Waals surface area contributed by atoms with Crippen molar-refractivity contribution in [2.75, 3.05) is 33.9 Å². The standard InChI is InChI=1S/C6H11NO2.C4H11NO2/c8-6(9)7-4-2-1-3-5-7;1-6-4(3-5)7-2/h1-5H2,(H,8,9);4H,3,5H2,1-2H3. The highest BCUT2D eigenvalue weighted by Gasteiger charge is 2.13. The van der Waals surface area contributed by atoms with E-state index < -0.39 is 6.09 Å². The molecule has 0 bridgehead atoms. The van der Waals surface area contributed by atoms with E-state index in [1.165, 1.54) is 11.3 Å². The first kappa shape index (κ1) is 15.2. The van der Waals surface area contributed by atoms with Crippen molar-refractivity contribution in [3.63, 3.8) is 0 Å². The summed E-state index contributed by atoms with van der Waals surface area (Å²) in [6.07, 6.45) is 2.25. The summed E-state index contributed by atoms with van der Waals surface area (Å²) in [5.74, 6) is 0. The van der Waals surface area contributed by atoms with E-state index in [1.807, 2.05) is 0 Å². The number of amides is 1. The lowest BCUT2D eigenvalue weighted by molar-refractivity contribution is -0.0940. The molecule has 0 spiro atoms. The SMILES string of the molecule is COC(CN)OC.O=C(O)N1CCCCC1. The van der Waals surface area contributed by atoms with Crippen LogP contribution in [0.25, 0.3) is 0 Å². The summed E-state index contributed by atoms with van der Waals surface area (Å²) in [6.45, 7) is 1.87. The van der Waals surface area contributed by atoms with Gasteiger partial charge in [0.25, 0.3) is 0 Å². The molecule has 1 aliphatic heterocycles. The number of ether oxygens (including phenoxy) is 2. The summed E-state index contributed by atoms with van der Waals surface area (Å²) in [5, 5.41) is 8.46. The molecule has 1 fully saturated rings. The quantitative estimate of drug-likeness (QED) is 0.703. The number of nitrogens with zero attached hydrogens (tertiary/aromatic N) is 1. The van der Waals surface area contributed by atoms with E-state index in [-0.39, 0.29) is 6.29 Å². The van der Waals surface area contributed by atoms with E-state index in [1.54, 1.807) is 14.2 Å². The highest BCUT2D eigenvalue weighted by atomic mass is 16.7. The topological polar surface area (TPSA) is 85.0 Å². The lowest BCUT2D eigenvalue weighted by Gasteiger charge is -2.22. The van der Waals surface area contributed by atoms with Crippen molar-refractivity contribution in [1.82, 2.24) is 4.90 Å². The van der Waals surface area contributed by atoms with Gasteiger partial charge in [0.1, 0.15) is 0 Å². The fourth-order valence-electron chi connectivity index (χ4n) is 1.37. The molecule has 1 saturated heterocycles. The average molecular weight is 234 g/mol. The Hall–Kier alpha value is -0.850. The van der Waals surface area contributed by atoms with Crippen LogP contribution in [-0.2, 0) is 9.47 Å². The predicted octanol–water partition coefficient (Wildman–Crippen LogP) is 0.714. The predicted molar refractivity (Wildman–Crippen MR) is 60.3 cm³/mol. The van der Waals surface area contributed by atoms with E-state index in [2.05, 4.69) is 0 Å². The number of rotatable bonds is 3. The lowest BCUT2D eigenvalue weighted by Crippen LogP contribution is -2.34. The highest BCUT2D eigenvalue weighted by Crippen LogP contribution is 2.07. The third kappa shape index (κ3) is 6.60. The third-order valence-corrected chi connectivity index (χ3v) is 2.34.